The molecular formula is C9H14N2O. The van der Waals surface area contributed by atoms with Crippen LogP contribution >= 0.6 is 0 Å². The maximum atomic E-state index is 10.8. The Hall–Kier alpha value is -1.04. The van der Waals surface area contributed by atoms with Crippen LogP contribution in [0.4, 0.5) is 0 Å². The fourth-order valence-electron chi connectivity index (χ4n) is 1.34. The number of carbonyl (C=O) groups is 1. The molecule has 1 aliphatic carbocycles. The minimum atomic E-state index is -0.422. The summed E-state index contributed by atoms with van der Waals surface area (Å²) in [6.07, 6.45) is 4.99. The van der Waals surface area contributed by atoms with Gasteiger partial charge in [-0.15, -0.1) is 0 Å². The predicted molar refractivity (Wildman–Crippen MR) is 45.2 cm³/mol. The van der Waals surface area contributed by atoms with Crippen molar-refractivity contribution in [1.29, 1.82) is 5.26 Å². The summed E-state index contributed by atoms with van der Waals surface area (Å²) in [6.45, 7) is 0.733. The van der Waals surface area contributed by atoms with E-state index in [-0.39, 0.29) is 0 Å². The van der Waals surface area contributed by atoms with Crippen molar-refractivity contribution in [2.45, 2.75) is 25.7 Å². The van der Waals surface area contributed by atoms with Crippen LogP contribution < -0.4 is 0 Å². The molecule has 12 heavy (non-hydrogen) atoms. The number of nitrogens with zero attached hydrogens (tertiary/aromatic N) is 2. The highest BCUT2D eigenvalue weighted by molar-refractivity contribution is 5.90. The van der Waals surface area contributed by atoms with Gasteiger partial charge in [0.05, 0.1) is 0 Å². The Balaban J connectivity index is 2.13. The van der Waals surface area contributed by atoms with Crippen molar-refractivity contribution >= 4 is 5.91 Å². The first-order valence-corrected chi connectivity index (χ1v) is 4.39. The van der Waals surface area contributed by atoms with Crippen LogP contribution in [0.3, 0.4) is 0 Å². The molecule has 66 valence electrons. The predicted octanol–water partition coefficient (Wildman–Crippen LogP) is 1.16. The van der Waals surface area contributed by atoms with Crippen LogP contribution in [0.15, 0.2) is 0 Å². The molecule has 1 amide bonds. The van der Waals surface area contributed by atoms with E-state index in [0.717, 1.165) is 18.9 Å². The van der Waals surface area contributed by atoms with Crippen LogP contribution in [0.25, 0.3) is 0 Å². The van der Waals surface area contributed by atoms with Gasteiger partial charge < -0.3 is 4.90 Å². The molecule has 0 N–H and O–H groups in total. The highest BCUT2D eigenvalue weighted by atomic mass is 16.2. The first kappa shape index (κ1) is 9.05. The summed E-state index contributed by atoms with van der Waals surface area (Å²) in [5.41, 5.74) is 0. The molecular weight excluding hydrogens is 152 g/mol. The summed E-state index contributed by atoms with van der Waals surface area (Å²) >= 11 is 0. The molecule has 0 saturated heterocycles. The average Bonchev–Trinajstić information content (AvgIpc) is 2.00. The molecule has 0 atom stereocenters. The van der Waals surface area contributed by atoms with Gasteiger partial charge in [-0.3, -0.25) is 4.79 Å². The monoisotopic (exact) mass is 166 g/mol. The first-order valence-electron chi connectivity index (χ1n) is 4.39. The molecule has 0 aromatic rings. The van der Waals surface area contributed by atoms with Crippen molar-refractivity contribution < 1.29 is 4.79 Å². The molecule has 0 spiro atoms. The normalized spacial score (nSPS) is 16.3. The van der Waals surface area contributed by atoms with E-state index >= 15 is 0 Å². The maximum Gasteiger partial charge on any atom is 0.324 e. The van der Waals surface area contributed by atoms with Gasteiger partial charge in [0, 0.05) is 13.6 Å². The van der Waals surface area contributed by atoms with Crippen LogP contribution in [0, 0.1) is 17.2 Å². The molecule has 3 heteroatoms. The van der Waals surface area contributed by atoms with Gasteiger partial charge in [0.15, 0.2) is 6.07 Å². The second kappa shape index (κ2) is 4.10. The van der Waals surface area contributed by atoms with Gasteiger partial charge in [0.2, 0.25) is 0 Å². The lowest BCUT2D eigenvalue weighted by Crippen LogP contribution is -2.28. The first-order chi connectivity index (χ1) is 5.74. The zero-order chi connectivity index (χ0) is 8.97. The van der Waals surface area contributed by atoms with E-state index in [1.165, 1.54) is 24.2 Å². The molecule has 0 radical (unpaired) electrons. The van der Waals surface area contributed by atoms with Gasteiger partial charge >= 0.3 is 5.91 Å². The quantitative estimate of drug-likeness (QED) is 0.590. The Bertz CT molecular complexity index is 203. The lowest BCUT2D eigenvalue weighted by atomic mass is 9.83. The van der Waals surface area contributed by atoms with Crippen molar-refractivity contribution in [3.05, 3.63) is 0 Å². The van der Waals surface area contributed by atoms with Crippen LogP contribution in [0.5, 0.6) is 0 Å². The van der Waals surface area contributed by atoms with Crippen LogP contribution in [0.1, 0.15) is 25.7 Å². The molecule has 3 nitrogen and oxygen atoms in total. The second-order valence-corrected chi connectivity index (χ2v) is 3.42. The minimum Gasteiger partial charge on any atom is -0.333 e. The lowest BCUT2D eigenvalue weighted by molar-refractivity contribution is -0.124. The van der Waals surface area contributed by atoms with Gasteiger partial charge in [-0.25, -0.2) is 0 Å². The van der Waals surface area contributed by atoms with Crippen molar-refractivity contribution in [2.24, 2.45) is 5.92 Å². The lowest BCUT2D eigenvalue weighted by Gasteiger charge is -2.26. The number of hydrogen-bond acceptors (Lipinski definition) is 2. The number of rotatable bonds is 3. The minimum absolute atomic E-state index is 0.422. The molecule has 1 saturated carbocycles. The van der Waals surface area contributed by atoms with Gasteiger partial charge in [0.25, 0.3) is 0 Å². The number of nitriles is 1. The summed E-state index contributed by atoms with van der Waals surface area (Å²) in [4.78, 5) is 12.3. The number of carbonyl (C=O) groups excluding carboxylic acids is 1. The molecule has 0 unspecified atom stereocenters. The summed E-state index contributed by atoms with van der Waals surface area (Å²) < 4.78 is 0. The third-order valence-corrected chi connectivity index (χ3v) is 2.54. The second-order valence-electron chi connectivity index (χ2n) is 3.42. The van der Waals surface area contributed by atoms with Crippen LogP contribution in [-0.2, 0) is 4.79 Å². The third kappa shape index (κ3) is 2.23. The van der Waals surface area contributed by atoms with Gasteiger partial charge in [0.1, 0.15) is 0 Å². The zero-order valence-corrected chi connectivity index (χ0v) is 7.42. The van der Waals surface area contributed by atoms with E-state index in [0.29, 0.717) is 0 Å². The Kier molecular flexibility index (Phi) is 3.09. The summed E-state index contributed by atoms with van der Waals surface area (Å²) in [6, 6.07) is 1.61. The van der Waals surface area contributed by atoms with E-state index in [1.54, 1.807) is 13.1 Å². The van der Waals surface area contributed by atoms with Crippen molar-refractivity contribution in [1.82, 2.24) is 4.90 Å². The number of hydrogen-bond donors (Lipinski definition) is 0. The van der Waals surface area contributed by atoms with Crippen LogP contribution in [0.2, 0.25) is 0 Å². The highest BCUT2D eigenvalue weighted by Gasteiger charge is 2.18. The Morgan fingerprint density at radius 2 is 2.33 bits per heavy atom. The molecule has 0 aromatic heterocycles. The molecule has 1 fully saturated rings. The number of amides is 1. The highest BCUT2D eigenvalue weighted by Crippen LogP contribution is 2.29. The van der Waals surface area contributed by atoms with Gasteiger partial charge in [-0.05, 0) is 12.3 Å². The molecule has 0 aromatic carbocycles. The van der Waals surface area contributed by atoms with Gasteiger partial charge in [-0.2, -0.15) is 5.26 Å². The fourth-order valence-corrected chi connectivity index (χ4v) is 1.34. The smallest absolute Gasteiger partial charge is 0.324 e. The summed E-state index contributed by atoms with van der Waals surface area (Å²) in [5.74, 6) is 0.383. The van der Waals surface area contributed by atoms with E-state index in [9.17, 15) is 4.79 Å². The zero-order valence-electron chi connectivity index (χ0n) is 7.42. The van der Waals surface area contributed by atoms with Crippen molar-refractivity contribution in [2.75, 3.05) is 13.6 Å². The Morgan fingerprint density at radius 1 is 1.67 bits per heavy atom. The van der Waals surface area contributed by atoms with Crippen LogP contribution in [-0.4, -0.2) is 24.4 Å². The fraction of sp³-hybridized carbons (Fsp3) is 0.778. The maximum absolute atomic E-state index is 10.8. The average molecular weight is 166 g/mol. The summed E-state index contributed by atoms with van der Waals surface area (Å²) in [5, 5.41) is 8.30. The van der Waals surface area contributed by atoms with E-state index in [4.69, 9.17) is 5.26 Å². The van der Waals surface area contributed by atoms with E-state index in [2.05, 4.69) is 0 Å². The van der Waals surface area contributed by atoms with Crippen molar-refractivity contribution in [3.63, 3.8) is 0 Å². The Morgan fingerprint density at radius 3 is 2.75 bits per heavy atom. The molecule has 0 heterocycles. The third-order valence-electron chi connectivity index (χ3n) is 2.54. The topological polar surface area (TPSA) is 44.1 Å². The molecule has 1 aliphatic rings. The summed E-state index contributed by atoms with van der Waals surface area (Å²) in [7, 11) is 1.68. The Labute approximate surface area is 73.0 Å². The standard InChI is InChI=1S/C9H14N2O/c1-11(9(12)7-10)6-5-8-3-2-4-8/h8H,2-6H2,1H3. The largest absolute Gasteiger partial charge is 0.333 e. The molecule has 0 aliphatic heterocycles. The molecule has 1 rings (SSSR count). The van der Waals surface area contributed by atoms with E-state index < -0.39 is 5.91 Å². The van der Waals surface area contributed by atoms with Crippen molar-refractivity contribution in [3.8, 4) is 6.07 Å². The SMILES string of the molecule is CN(CCC1CCC1)C(=O)C#N. The van der Waals surface area contributed by atoms with Gasteiger partial charge in [-0.1, -0.05) is 19.3 Å². The van der Waals surface area contributed by atoms with E-state index in [1.807, 2.05) is 0 Å². The molecule has 0 bridgehead atoms.